The van der Waals surface area contributed by atoms with Crippen molar-refractivity contribution in [3.05, 3.63) is 24.3 Å². The molecule has 2 N–H and O–H groups in total. The van der Waals surface area contributed by atoms with E-state index in [0.29, 0.717) is 0 Å². The largest absolute Gasteiger partial charge is 0.381 e. The van der Waals surface area contributed by atoms with Crippen LogP contribution in [-0.2, 0) is 9.53 Å². The fraction of sp³-hybridized carbons (Fsp3) is 0.467. The maximum atomic E-state index is 11.1. The van der Waals surface area contributed by atoms with Gasteiger partial charge in [-0.15, -0.1) is 0 Å². The number of ether oxygens (including phenoxy) is 1. The van der Waals surface area contributed by atoms with Crippen molar-refractivity contribution in [3.8, 4) is 0 Å². The van der Waals surface area contributed by atoms with Gasteiger partial charge in [-0.25, -0.2) is 0 Å². The Labute approximate surface area is 128 Å². The van der Waals surface area contributed by atoms with E-state index in [9.17, 15) is 4.79 Å². The summed E-state index contributed by atoms with van der Waals surface area (Å²) in [4.78, 5) is 16.0. The van der Waals surface area contributed by atoms with Crippen LogP contribution in [0.4, 0.5) is 11.4 Å². The highest BCUT2D eigenvalue weighted by atomic mass is 32.2. The Morgan fingerprint density at radius 2 is 2.10 bits per heavy atom. The highest BCUT2D eigenvalue weighted by molar-refractivity contribution is 8.14. The van der Waals surface area contributed by atoms with Gasteiger partial charge in [-0.1, -0.05) is 17.8 Å². The molecule has 6 heteroatoms. The number of nitrogens with one attached hydrogen (secondary N) is 2. The fourth-order valence-electron chi connectivity index (χ4n) is 2.56. The van der Waals surface area contributed by atoms with Gasteiger partial charge in [0.05, 0.1) is 5.54 Å². The second-order valence-electron chi connectivity index (χ2n) is 5.43. The number of hydrogen-bond donors (Lipinski definition) is 2. The molecule has 0 aromatic heterocycles. The number of nitrogens with zero attached hydrogens (tertiary/aromatic N) is 1. The Hall–Kier alpha value is -1.53. The number of amidine groups is 1. The first-order chi connectivity index (χ1) is 10.2. The molecule has 0 saturated carbocycles. The maximum absolute atomic E-state index is 11.1. The molecule has 0 aliphatic carbocycles. The van der Waals surface area contributed by atoms with Crippen LogP contribution in [-0.4, -0.2) is 35.6 Å². The summed E-state index contributed by atoms with van der Waals surface area (Å²) < 4.78 is 5.42. The molecule has 0 radical (unpaired) electrons. The smallest absolute Gasteiger partial charge is 0.221 e. The summed E-state index contributed by atoms with van der Waals surface area (Å²) in [5.74, 6) is 0.949. The van der Waals surface area contributed by atoms with E-state index in [0.717, 1.165) is 48.4 Å². The number of rotatable bonds is 2. The SMILES string of the molecule is CC(=O)Nc1cccc(NC2=NC3(CCOCC3)CS2)c1. The second-order valence-corrected chi connectivity index (χ2v) is 6.39. The standard InChI is InChI=1S/C15H19N3O2S/c1-11(19)16-12-3-2-4-13(9-12)17-14-18-15(10-21-14)5-7-20-8-6-15/h2-4,9H,5-8,10H2,1H3,(H,16,19)(H,17,18). The summed E-state index contributed by atoms with van der Waals surface area (Å²) >= 11 is 1.76. The zero-order valence-corrected chi connectivity index (χ0v) is 12.8. The number of aliphatic imine (C=N–C) groups is 1. The van der Waals surface area contributed by atoms with Crippen molar-refractivity contribution in [2.45, 2.75) is 25.3 Å². The van der Waals surface area contributed by atoms with Gasteiger partial charge in [-0.2, -0.15) is 0 Å². The average Bonchev–Trinajstić information content (AvgIpc) is 2.82. The van der Waals surface area contributed by atoms with Crippen molar-refractivity contribution in [3.63, 3.8) is 0 Å². The molecule has 0 unspecified atom stereocenters. The summed E-state index contributed by atoms with van der Waals surface area (Å²) in [6.07, 6.45) is 1.99. The van der Waals surface area contributed by atoms with Gasteiger partial charge in [0.15, 0.2) is 5.17 Å². The quantitative estimate of drug-likeness (QED) is 0.882. The van der Waals surface area contributed by atoms with Gasteiger partial charge >= 0.3 is 0 Å². The molecule has 112 valence electrons. The van der Waals surface area contributed by atoms with Crippen molar-refractivity contribution >= 4 is 34.2 Å². The van der Waals surface area contributed by atoms with Gasteiger partial charge in [0.1, 0.15) is 0 Å². The Bertz CT molecular complexity index is 568. The zero-order chi connectivity index (χ0) is 14.7. The minimum absolute atomic E-state index is 0.0560. The number of carbonyl (C=O) groups is 1. The highest BCUT2D eigenvalue weighted by Gasteiger charge is 2.37. The highest BCUT2D eigenvalue weighted by Crippen LogP contribution is 2.36. The molecular formula is C15H19N3O2S. The van der Waals surface area contributed by atoms with Gasteiger partial charge in [-0.3, -0.25) is 9.79 Å². The molecule has 5 nitrogen and oxygen atoms in total. The molecule has 2 heterocycles. The predicted molar refractivity (Wildman–Crippen MR) is 87.0 cm³/mol. The molecule has 1 amide bonds. The molecule has 3 rings (SSSR count). The van der Waals surface area contributed by atoms with Crippen molar-refractivity contribution in [1.29, 1.82) is 0 Å². The van der Waals surface area contributed by atoms with Crippen molar-refractivity contribution in [2.75, 3.05) is 29.6 Å². The van der Waals surface area contributed by atoms with E-state index in [4.69, 9.17) is 9.73 Å². The third kappa shape index (κ3) is 3.57. The summed E-state index contributed by atoms with van der Waals surface area (Å²) in [5, 5.41) is 7.09. The maximum Gasteiger partial charge on any atom is 0.221 e. The van der Waals surface area contributed by atoms with Crippen LogP contribution in [0, 0.1) is 0 Å². The second kappa shape index (κ2) is 6.07. The van der Waals surface area contributed by atoms with Crippen LogP contribution < -0.4 is 10.6 Å². The van der Waals surface area contributed by atoms with Crippen LogP contribution in [0.5, 0.6) is 0 Å². The fourth-order valence-corrected chi connectivity index (χ4v) is 3.76. The molecule has 1 fully saturated rings. The lowest BCUT2D eigenvalue weighted by molar-refractivity contribution is -0.114. The molecule has 0 bridgehead atoms. The molecule has 1 aromatic carbocycles. The minimum Gasteiger partial charge on any atom is -0.381 e. The Morgan fingerprint density at radius 3 is 2.86 bits per heavy atom. The van der Waals surface area contributed by atoms with Gasteiger partial charge in [0.2, 0.25) is 5.91 Å². The van der Waals surface area contributed by atoms with E-state index in [1.807, 2.05) is 24.3 Å². The van der Waals surface area contributed by atoms with Crippen LogP contribution in [0.3, 0.4) is 0 Å². The molecule has 1 aromatic rings. The molecule has 1 spiro atoms. The summed E-state index contributed by atoms with van der Waals surface area (Å²) in [6, 6.07) is 7.68. The van der Waals surface area contributed by atoms with E-state index in [2.05, 4.69) is 10.6 Å². The average molecular weight is 305 g/mol. The van der Waals surface area contributed by atoms with Gasteiger partial charge in [0, 0.05) is 37.3 Å². The van der Waals surface area contributed by atoms with Crippen LogP contribution >= 0.6 is 11.8 Å². The topological polar surface area (TPSA) is 62.7 Å². The predicted octanol–water partition coefficient (Wildman–Crippen LogP) is 2.71. The molecule has 2 aliphatic heterocycles. The first-order valence-corrected chi connectivity index (χ1v) is 8.09. The summed E-state index contributed by atoms with van der Waals surface area (Å²) in [6.45, 7) is 3.11. The first kappa shape index (κ1) is 14.4. The molecule has 21 heavy (non-hydrogen) atoms. The van der Waals surface area contributed by atoms with E-state index >= 15 is 0 Å². The number of carbonyl (C=O) groups excluding carboxylic acids is 1. The van der Waals surface area contributed by atoms with Crippen LogP contribution in [0.1, 0.15) is 19.8 Å². The number of hydrogen-bond acceptors (Lipinski definition) is 5. The van der Waals surface area contributed by atoms with Crippen LogP contribution in [0.15, 0.2) is 29.3 Å². The van der Waals surface area contributed by atoms with Crippen molar-refractivity contribution in [2.24, 2.45) is 4.99 Å². The normalized spacial score (nSPS) is 20.1. The van der Waals surface area contributed by atoms with Gasteiger partial charge in [-0.05, 0) is 31.0 Å². The number of thioether (sulfide) groups is 1. The lowest BCUT2D eigenvalue weighted by atomic mass is 9.93. The number of benzene rings is 1. The van der Waals surface area contributed by atoms with E-state index in [1.165, 1.54) is 6.92 Å². The molecule has 2 aliphatic rings. The van der Waals surface area contributed by atoms with E-state index < -0.39 is 0 Å². The summed E-state index contributed by atoms with van der Waals surface area (Å²) in [5.41, 5.74) is 1.79. The Morgan fingerprint density at radius 1 is 1.33 bits per heavy atom. The number of anilines is 2. The van der Waals surface area contributed by atoms with Crippen LogP contribution in [0.25, 0.3) is 0 Å². The molecular weight excluding hydrogens is 286 g/mol. The van der Waals surface area contributed by atoms with Gasteiger partial charge < -0.3 is 15.4 Å². The lowest BCUT2D eigenvalue weighted by Gasteiger charge is -2.29. The Kier molecular flexibility index (Phi) is 4.17. The minimum atomic E-state index is -0.0686. The van der Waals surface area contributed by atoms with Crippen LogP contribution in [0.2, 0.25) is 0 Å². The third-order valence-electron chi connectivity index (χ3n) is 3.67. The number of amides is 1. The monoisotopic (exact) mass is 305 g/mol. The lowest BCUT2D eigenvalue weighted by Crippen LogP contribution is -2.34. The Balaban J connectivity index is 1.69. The van der Waals surface area contributed by atoms with Crippen molar-refractivity contribution in [1.82, 2.24) is 0 Å². The summed E-state index contributed by atoms with van der Waals surface area (Å²) in [7, 11) is 0. The van der Waals surface area contributed by atoms with E-state index in [1.54, 1.807) is 11.8 Å². The van der Waals surface area contributed by atoms with Gasteiger partial charge in [0.25, 0.3) is 0 Å². The zero-order valence-electron chi connectivity index (χ0n) is 12.0. The van der Waals surface area contributed by atoms with Crippen molar-refractivity contribution < 1.29 is 9.53 Å². The first-order valence-electron chi connectivity index (χ1n) is 7.10. The molecule has 0 atom stereocenters. The van der Waals surface area contributed by atoms with E-state index in [-0.39, 0.29) is 11.4 Å². The molecule has 1 saturated heterocycles. The third-order valence-corrected chi connectivity index (χ3v) is 4.82.